The molecule has 4 rings (SSSR count). The monoisotopic (exact) mass is 188 g/mol. The zero-order chi connectivity index (χ0) is 9.76. The van der Waals surface area contributed by atoms with Crippen LogP contribution >= 0.6 is 0 Å². The van der Waals surface area contributed by atoms with Crippen LogP contribution in [0.1, 0.15) is 19.3 Å². The van der Waals surface area contributed by atoms with Crippen LogP contribution in [0.5, 0.6) is 0 Å². The Balaban J connectivity index is 2.16. The maximum atomic E-state index is 11.9. The van der Waals surface area contributed by atoms with Gasteiger partial charge in [-0.25, -0.2) is 0 Å². The number of fused-ring (bicyclic) bond motifs is 1. The summed E-state index contributed by atoms with van der Waals surface area (Å²) < 4.78 is 0. The largest absolute Gasteiger partial charge is 0.299 e. The van der Waals surface area contributed by atoms with Gasteiger partial charge in [0.25, 0.3) is 0 Å². The quantitative estimate of drug-likeness (QED) is 0.542. The molecule has 0 aromatic carbocycles. The number of carbonyl (C=O) groups excluding carboxylic acids is 2. The van der Waals surface area contributed by atoms with Gasteiger partial charge in [-0.2, -0.15) is 0 Å². The molecule has 0 heterocycles. The van der Waals surface area contributed by atoms with Gasteiger partial charge in [0, 0.05) is 12.3 Å². The Bertz CT molecular complexity index is 378. The van der Waals surface area contributed by atoms with Gasteiger partial charge in [0.05, 0.1) is 5.41 Å². The van der Waals surface area contributed by atoms with Crippen molar-refractivity contribution in [3.63, 3.8) is 0 Å². The molecule has 1 spiro atoms. The third kappa shape index (κ3) is 0.813. The van der Waals surface area contributed by atoms with Gasteiger partial charge in [-0.15, -0.1) is 0 Å². The Hall–Kier alpha value is -1.18. The average molecular weight is 188 g/mol. The minimum atomic E-state index is -0.444. The molecular formula is C12H12O2. The molecule has 3 unspecified atom stereocenters. The molecule has 4 aliphatic carbocycles. The summed E-state index contributed by atoms with van der Waals surface area (Å²) in [6.45, 7) is 0. The van der Waals surface area contributed by atoms with Crippen molar-refractivity contribution in [2.24, 2.45) is 17.3 Å². The summed E-state index contributed by atoms with van der Waals surface area (Å²) >= 11 is 0. The highest BCUT2D eigenvalue weighted by atomic mass is 16.1. The summed E-state index contributed by atoms with van der Waals surface area (Å²) in [6.07, 6.45) is 9.89. The summed E-state index contributed by atoms with van der Waals surface area (Å²) in [5, 5.41) is 0. The second kappa shape index (κ2) is 2.44. The van der Waals surface area contributed by atoms with Crippen LogP contribution in [0.25, 0.3) is 0 Å². The fourth-order valence-electron chi connectivity index (χ4n) is 3.06. The van der Waals surface area contributed by atoms with Gasteiger partial charge >= 0.3 is 0 Å². The van der Waals surface area contributed by atoms with Crippen LogP contribution in [0.4, 0.5) is 0 Å². The van der Waals surface area contributed by atoms with E-state index in [1.165, 1.54) is 0 Å². The number of hydrogen-bond donors (Lipinski definition) is 0. The molecule has 1 saturated carbocycles. The molecule has 14 heavy (non-hydrogen) atoms. The SMILES string of the molecule is O=C1C=CCC23C=CC(CC2=O)CC13. The fourth-order valence-corrected chi connectivity index (χ4v) is 3.06. The number of rotatable bonds is 0. The maximum absolute atomic E-state index is 11.9. The molecule has 0 aliphatic heterocycles. The Labute approximate surface area is 82.7 Å². The highest BCUT2D eigenvalue weighted by Gasteiger charge is 2.53. The smallest absolute Gasteiger partial charge is 0.159 e. The lowest BCUT2D eigenvalue weighted by Crippen LogP contribution is -2.50. The van der Waals surface area contributed by atoms with Gasteiger partial charge < -0.3 is 0 Å². The van der Waals surface area contributed by atoms with Crippen molar-refractivity contribution in [1.29, 1.82) is 0 Å². The standard InChI is InChI=1S/C12H12O2/c13-10-2-1-4-12-5-3-8(6-9(10)12)7-11(12)14/h1-3,5,8-9H,4,6-7H2. The molecule has 0 aromatic rings. The number of ketones is 2. The molecule has 2 nitrogen and oxygen atoms in total. The highest BCUT2D eigenvalue weighted by Crippen LogP contribution is 2.51. The average Bonchev–Trinajstić information content (AvgIpc) is 2.19. The van der Waals surface area contributed by atoms with Crippen molar-refractivity contribution in [2.75, 3.05) is 0 Å². The van der Waals surface area contributed by atoms with E-state index in [0.29, 0.717) is 12.3 Å². The first-order chi connectivity index (χ1) is 6.72. The Morgan fingerprint density at radius 1 is 1.36 bits per heavy atom. The summed E-state index contributed by atoms with van der Waals surface area (Å²) in [7, 11) is 0. The Morgan fingerprint density at radius 3 is 2.93 bits per heavy atom. The Morgan fingerprint density at radius 2 is 2.21 bits per heavy atom. The molecule has 0 aromatic heterocycles. The summed E-state index contributed by atoms with van der Waals surface area (Å²) in [4.78, 5) is 23.6. The molecule has 0 saturated heterocycles. The van der Waals surface area contributed by atoms with E-state index in [1.807, 2.05) is 12.2 Å². The molecule has 3 atom stereocenters. The maximum Gasteiger partial charge on any atom is 0.159 e. The van der Waals surface area contributed by atoms with Gasteiger partial charge in [-0.3, -0.25) is 9.59 Å². The first kappa shape index (κ1) is 8.16. The lowest BCUT2D eigenvalue weighted by molar-refractivity contribution is -0.141. The van der Waals surface area contributed by atoms with Crippen molar-refractivity contribution < 1.29 is 9.59 Å². The van der Waals surface area contributed by atoms with E-state index in [0.717, 1.165) is 12.8 Å². The lowest BCUT2D eigenvalue weighted by atomic mass is 9.54. The van der Waals surface area contributed by atoms with Crippen molar-refractivity contribution in [1.82, 2.24) is 0 Å². The number of hydrogen-bond acceptors (Lipinski definition) is 2. The molecule has 0 amide bonds. The van der Waals surface area contributed by atoms with E-state index in [2.05, 4.69) is 6.08 Å². The predicted molar refractivity (Wildman–Crippen MR) is 51.6 cm³/mol. The van der Waals surface area contributed by atoms with Crippen molar-refractivity contribution in [3.05, 3.63) is 24.3 Å². The highest BCUT2D eigenvalue weighted by molar-refractivity contribution is 6.02. The third-order valence-corrected chi connectivity index (χ3v) is 3.87. The van der Waals surface area contributed by atoms with Crippen LogP contribution in [0, 0.1) is 17.3 Å². The first-order valence-corrected chi connectivity index (χ1v) is 5.15. The second-order valence-electron chi connectivity index (χ2n) is 4.58. The van der Waals surface area contributed by atoms with E-state index in [1.54, 1.807) is 6.08 Å². The van der Waals surface area contributed by atoms with Gasteiger partial charge in [-0.1, -0.05) is 18.2 Å². The third-order valence-electron chi connectivity index (χ3n) is 3.87. The van der Waals surface area contributed by atoms with E-state index in [4.69, 9.17) is 0 Å². The second-order valence-corrected chi connectivity index (χ2v) is 4.58. The van der Waals surface area contributed by atoms with E-state index in [-0.39, 0.29) is 17.5 Å². The van der Waals surface area contributed by atoms with Crippen molar-refractivity contribution in [3.8, 4) is 0 Å². The van der Waals surface area contributed by atoms with Crippen LogP contribution in [-0.4, -0.2) is 11.6 Å². The van der Waals surface area contributed by atoms with E-state index < -0.39 is 5.41 Å². The first-order valence-electron chi connectivity index (χ1n) is 5.15. The van der Waals surface area contributed by atoms with Crippen LogP contribution in [0.15, 0.2) is 24.3 Å². The van der Waals surface area contributed by atoms with Crippen molar-refractivity contribution >= 4 is 11.6 Å². The van der Waals surface area contributed by atoms with Crippen molar-refractivity contribution in [2.45, 2.75) is 19.3 Å². The number of Topliss-reactive ketones (excluding diaryl/α,β-unsaturated/α-hetero) is 1. The summed E-state index contributed by atoms with van der Waals surface area (Å²) in [5.41, 5.74) is -0.444. The molecule has 0 N–H and O–H groups in total. The molecule has 2 bridgehead atoms. The number of allylic oxidation sites excluding steroid dienone is 4. The topological polar surface area (TPSA) is 34.1 Å². The van der Waals surface area contributed by atoms with E-state index >= 15 is 0 Å². The van der Waals surface area contributed by atoms with Gasteiger partial charge in [-0.05, 0) is 24.8 Å². The van der Waals surface area contributed by atoms with Crippen LogP contribution in [0.2, 0.25) is 0 Å². The zero-order valence-corrected chi connectivity index (χ0v) is 7.90. The van der Waals surface area contributed by atoms with Crippen LogP contribution in [-0.2, 0) is 9.59 Å². The van der Waals surface area contributed by atoms with Crippen LogP contribution < -0.4 is 0 Å². The predicted octanol–water partition coefficient (Wildman–Crippen LogP) is 1.67. The molecule has 1 fully saturated rings. The van der Waals surface area contributed by atoms with Gasteiger partial charge in [0.2, 0.25) is 0 Å². The number of carbonyl (C=O) groups is 2. The Kier molecular flexibility index (Phi) is 1.42. The molecule has 2 heteroatoms. The normalized spacial score (nSPS) is 44.3. The minimum Gasteiger partial charge on any atom is -0.299 e. The van der Waals surface area contributed by atoms with E-state index in [9.17, 15) is 9.59 Å². The molecule has 0 radical (unpaired) electrons. The summed E-state index contributed by atoms with van der Waals surface area (Å²) in [6, 6.07) is 0. The van der Waals surface area contributed by atoms with Gasteiger partial charge in [0.1, 0.15) is 5.78 Å². The fraction of sp³-hybridized carbons (Fsp3) is 0.500. The molecule has 4 aliphatic rings. The molecule has 72 valence electrons. The molecular weight excluding hydrogens is 176 g/mol. The zero-order valence-electron chi connectivity index (χ0n) is 7.90. The van der Waals surface area contributed by atoms with Crippen LogP contribution in [0.3, 0.4) is 0 Å². The van der Waals surface area contributed by atoms with Gasteiger partial charge in [0.15, 0.2) is 5.78 Å². The lowest BCUT2D eigenvalue weighted by Gasteiger charge is -2.46. The summed E-state index contributed by atoms with van der Waals surface area (Å²) in [5.74, 6) is 0.700. The minimum absolute atomic E-state index is 0.0521.